The minimum atomic E-state index is 0.0247. The number of amides is 1. The highest BCUT2D eigenvalue weighted by molar-refractivity contribution is 7.11. The highest BCUT2D eigenvalue weighted by Crippen LogP contribution is 2.41. The number of ketones is 1. The van der Waals surface area contributed by atoms with E-state index in [1.165, 1.54) is 15.3 Å². The van der Waals surface area contributed by atoms with Gasteiger partial charge in [0.05, 0.1) is 0 Å². The number of rotatable bonds is 2. The van der Waals surface area contributed by atoms with E-state index in [2.05, 4.69) is 33.9 Å². The first kappa shape index (κ1) is 15.1. The Morgan fingerprint density at radius 1 is 1.09 bits per heavy atom. The van der Waals surface area contributed by atoms with Crippen molar-refractivity contribution in [2.75, 3.05) is 6.54 Å². The maximum atomic E-state index is 13.1. The van der Waals surface area contributed by atoms with Crippen LogP contribution in [0.1, 0.15) is 47.0 Å². The number of thiophene rings is 2. The van der Waals surface area contributed by atoms with Crippen LogP contribution < -0.4 is 0 Å². The van der Waals surface area contributed by atoms with Gasteiger partial charge in [0.15, 0.2) is 0 Å². The molecule has 120 valence electrons. The molecule has 3 nitrogen and oxygen atoms in total. The molecule has 1 amide bonds. The Bertz CT molecular complexity index is 709. The minimum Gasteiger partial charge on any atom is -0.329 e. The van der Waals surface area contributed by atoms with Gasteiger partial charge in [-0.2, -0.15) is 0 Å². The van der Waals surface area contributed by atoms with Crippen LogP contribution in [0.2, 0.25) is 0 Å². The van der Waals surface area contributed by atoms with Gasteiger partial charge >= 0.3 is 0 Å². The van der Waals surface area contributed by atoms with Crippen LogP contribution in [0.3, 0.4) is 0 Å². The summed E-state index contributed by atoms with van der Waals surface area (Å²) in [4.78, 5) is 29.2. The van der Waals surface area contributed by atoms with E-state index < -0.39 is 0 Å². The van der Waals surface area contributed by atoms with Crippen molar-refractivity contribution in [2.45, 2.75) is 38.1 Å². The van der Waals surface area contributed by atoms with E-state index >= 15 is 0 Å². The number of Topliss-reactive ketones (excluding diaryl/α,β-unsaturated/α-hetero) is 1. The van der Waals surface area contributed by atoms with Crippen LogP contribution >= 0.6 is 22.7 Å². The Morgan fingerprint density at radius 3 is 2.65 bits per heavy atom. The zero-order chi connectivity index (χ0) is 15.8. The topological polar surface area (TPSA) is 37.4 Å². The van der Waals surface area contributed by atoms with Gasteiger partial charge in [-0.15, -0.1) is 22.7 Å². The lowest BCUT2D eigenvalue weighted by Gasteiger charge is -2.38. The predicted molar refractivity (Wildman–Crippen MR) is 92.9 cm³/mol. The Morgan fingerprint density at radius 2 is 1.91 bits per heavy atom. The molecule has 0 bridgehead atoms. The summed E-state index contributed by atoms with van der Waals surface area (Å²) in [5, 5.41) is 4.22. The highest BCUT2D eigenvalue weighted by atomic mass is 32.1. The molecular formula is C18H19NO2S2. The molecule has 0 aromatic carbocycles. The number of hydrogen-bond acceptors (Lipinski definition) is 4. The van der Waals surface area contributed by atoms with Crippen LogP contribution in [0.25, 0.3) is 0 Å². The van der Waals surface area contributed by atoms with Crippen molar-refractivity contribution in [3.63, 3.8) is 0 Å². The van der Waals surface area contributed by atoms with Gasteiger partial charge in [0.25, 0.3) is 0 Å². The Labute approximate surface area is 143 Å². The lowest BCUT2D eigenvalue weighted by atomic mass is 9.86. The van der Waals surface area contributed by atoms with E-state index in [-0.39, 0.29) is 17.9 Å². The second kappa shape index (κ2) is 6.21. The summed E-state index contributed by atoms with van der Waals surface area (Å²) in [5.74, 6) is 0.578. The number of carbonyl (C=O) groups is 2. The van der Waals surface area contributed by atoms with Crippen molar-refractivity contribution < 1.29 is 9.59 Å². The van der Waals surface area contributed by atoms with Crippen LogP contribution in [0.15, 0.2) is 29.0 Å². The highest BCUT2D eigenvalue weighted by Gasteiger charge is 2.37. The van der Waals surface area contributed by atoms with Crippen molar-refractivity contribution in [3.8, 4) is 0 Å². The molecule has 1 fully saturated rings. The van der Waals surface area contributed by atoms with Gasteiger partial charge < -0.3 is 4.90 Å². The van der Waals surface area contributed by atoms with Gasteiger partial charge in [0.2, 0.25) is 5.91 Å². The Balaban J connectivity index is 1.64. The van der Waals surface area contributed by atoms with E-state index in [9.17, 15) is 9.59 Å². The first-order valence-electron chi connectivity index (χ1n) is 8.16. The largest absolute Gasteiger partial charge is 0.329 e. The van der Waals surface area contributed by atoms with Crippen molar-refractivity contribution in [1.82, 2.24) is 4.90 Å². The van der Waals surface area contributed by atoms with Crippen LogP contribution in [-0.4, -0.2) is 23.1 Å². The smallest absolute Gasteiger partial charge is 0.226 e. The third-order valence-electron chi connectivity index (χ3n) is 4.95. The monoisotopic (exact) mass is 345 g/mol. The molecule has 0 N–H and O–H groups in total. The molecule has 2 aromatic heterocycles. The van der Waals surface area contributed by atoms with E-state index in [1.54, 1.807) is 22.7 Å². The van der Waals surface area contributed by atoms with Crippen LogP contribution in [0.5, 0.6) is 0 Å². The lowest BCUT2D eigenvalue weighted by Crippen LogP contribution is -2.43. The van der Waals surface area contributed by atoms with Crippen molar-refractivity contribution in [3.05, 3.63) is 44.3 Å². The average molecular weight is 345 g/mol. The molecular weight excluding hydrogens is 326 g/mol. The van der Waals surface area contributed by atoms with Gasteiger partial charge in [0.1, 0.15) is 11.8 Å². The summed E-state index contributed by atoms with van der Waals surface area (Å²) in [6, 6.07) is 6.46. The fourth-order valence-electron chi connectivity index (χ4n) is 3.69. The molecule has 4 rings (SSSR count). The molecule has 3 heterocycles. The summed E-state index contributed by atoms with van der Waals surface area (Å²) >= 11 is 3.48. The summed E-state index contributed by atoms with van der Waals surface area (Å²) < 4.78 is 0. The van der Waals surface area contributed by atoms with Crippen LogP contribution in [-0.2, 0) is 16.0 Å². The molecule has 0 radical (unpaired) electrons. The second-order valence-corrected chi connectivity index (χ2v) is 8.25. The molecule has 2 aliphatic rings. The zero-order valence-corrected chi connectivity index (χ0v) is 14.5. The molecule has 1 saturated carbocycles. The molecule has 2 aromatic rings. The standard InChI is InChI=1S/C18H19NO2S2/c20-14-5-3-13(4-6-14)18(21)19-9-7-12-8-11-23-17(12)16(19)15-2-1-10-22-15/h1-2,8,10-11,13,16H,3-7,9H2. The van der Waals surface area contributed by atoms with Crippen molar-refractivity contribution in [2.24, 2.45) is 5.92 Å². The van der Waals surface area contributed by atoms with E-state index in [1.807, 2.05) is 0 Å². The fourth-order valence-corrected chi connectivity index (χ4v) is 5.70. The summed E-state index contributed by atoms with van der Waals surface area (Å²) in [6.07, 6.45) is 3.53. The Hall–Kier alpha value is -1.46. The first-order valence-corrected chi connectivity index (χ1v) is 9.92. The molecule has 1 atom stereocenters. The number of hydrogen-bond donors (Lipinski definition) is 0. The second-order valence-electron chi connectivity index (χ2n) is 6.32. The molecule has 0 spiro atoms. The number of nitrogens with zero attached hydrogens (tertiary/aromatic N) is 1. The lowest BCUT2D eigenvalue weighted by molar-refractivity contribution is -0.139. The quantitative estimate of drug-likeness (QED) is 0.824. The van der Waals surface area contributed by atoms with Gasteiger partial charge in [0, 0.05) is 35.1 Å². The third-order valence-corrected chi connectivity index (χ3v) is 6.89. The van der Waals surface area contributed by atoms with Gasteiger partial charge in [-0.05, 0) is 47.7 Å². The summed E-state index contributed by atoms with van der Waals surface area (Å²) in [5.41, 5.74) is 1.39. The van der Waals surface area contributed by atoms with Gasteiger partial charge in [-0.25, -0.2) is 0 Å². The van der Waals surface area contributed by atoms with Gasteiger partial charge in [-0.3, -0.25) is 9.59 Å². The molecule has 1 aliphatic heterocycles. The van der Waals surface area contributed by atoms with Crippen LogP contribution in [0.4, 0.5) is 0 Å². The fraction of sp³-hybridized carbons (Fsp3) is 0.444. The average Bonchev–Trinajstić information content (AvgIpc) is 3.25. The minimum absolute atomic E-state index is 0.0247. The first-order chi connectivity index (χ1) is 11.2. The molecule has 1 unspecified atom stereocenters. The normalized spacial score (nSPS) is 22.2. The third kappa shape index (κ3) is 2.76. The number of fused-ring (bicyclic) bond motifs is 1. The molecule has 1 aliphatic carbocycles. The summed E-state index contributed by atoms with van der Waals surface area (Å²) in [6.45, 7) is 0.787. The molecule has 23 heavy (non-hydrogen) atoms. The van der Waals surface area contributed by atoms with Gasteiger partial charge in [-0.1, -0.05) is 6.07 Å². The molecule has 0 saturated heterocycles. The predicted octanol–water partition coefficient (Wildman–Crippen LogP) is 4.04. The van der Waals surface area contributed by atoms with E-state index in [0.29, 0.717) is 18.6 Å². The van der Waals surface area contributed by atoms with E-state index in [4.69, 9.17) is 0 Å². The number of carbonyl (C=O) groups excluding carboxylic acids is 2. The summed E-state index contributed by atoms with van der Waals surface area (Å²) in [7, 11) is 0. The van der Waals surface area contributed by atoms with Crippen molar-refractivity contribution >= 4 is 34.4 Å². The van der Waals surface area contributed by atoms with Crippen LogP contribution in [0, 0.1) is 5.92 Å². The van der Waals surface area contributed by atoms with Crippen molar-refractivity contribution in [1.29, 1.82) is 0 Å². The maximum absolute atomic E-state index is 13.1. The zero-order valence-electron chi connectivity index (χ0n) is 12.9. The SMILES string of the molecule is O=C1CCC(C(=O)N2CCc3ccsc3C2c2cccs2)CC1. The maximum Gasteiger partial charge on any atom is 0.226 e. The molecule has 5 heteroatoms. The Kier molecular flexibility index (Phi) is 4.07. The van der Waals surface area contributed by atoms with E-state index in [0.717, 1.165) is 25.8 Å².